The predicted octanol–water partition coefficient (Wildman–Crippen LogP) is 1.02. The number of non-ortho nitro benzene ring substituents is 1. The third-order valence-electron chi connectivity index (χ3n) is 2.13. The van der Waals surface area contributed by atoms with Crippen molar-refractivity contribution in [3.63, 3.8) is 0 Å². The maximum absolute atomic E-state index is 11.3. The first-order valence-corrected chi connectivity index (χ1v) is 4.40. The molecule has 16 heavy (non-hydrogen) atoms. The van der Waals surface area contributed by atoms with Gasteiger partial charge in [-0.25, -0.2) is 4.90 Å². The van der Waals surface area contributed by atoms with Crippen LogP contribution < -0.4 is 4.90 Å². The Bertz CT molecular complexity index is 486. The number of hydrogen-bond donors (Lipinski definition) is 0. The third kappa shape index (κ3) is 1.56. The Morgan fingerprint density at radius 3 is 1.94 bits per heavy atom. The van der Waals surface area contributed by atoms with Crippen LogP contribution in [-0.2, 0) is 9.59 Å². The molecule has 0 atom stereocenters. The highest BCUT2D eigenvalue weighted by atomic mass is 16.6. The Morgan fingerprint density at radius 1 is 1.00 bits per heavy atom. The van der Waals surface area contributed by atoms with E-state index in [2.05, 4.69) is 0 Å². The Balaban J connectivity index is 2.32. The highest BCUT2D eigenvalue weighted by Crippen LogP contribution is 2.21. The summed E-state index contributed by atoms with van der Waals surface area (Å²) in [6.07, 6.45) is 2.31. The third-order valence-corrected chi connectivity index (χ3v) is 2.13. The monoisotopic (exact) mass is 218 g/mol. The number of carbonyl (C=O) groups excluding carboxylic acids is 2. The molecule has 2 amide bonds. The van der Waals surface area contributed by atoms with Crippen LogP contribution in [0.4, 0.5) is 11.4 Å². The number of imide groups is 1. The summed E-state index contributed by atoms with van der Waals surface area (Å²) in [7, 11) is 0. The first-order valence-electron chi connectivity index (χ1n) is 4.40. The van der Waals surface area contributed by atoms with Crippen molar-refractivity contribution >= 4 is 23.2 Å². The zero-order valence-electron chi connectivity index (χ0n) is 7.99. The van der Waals surface area contributed by atoms with Gasteiger partial charge in [0.05, 0.1) is 10.6 Å². The largest absolute Gasteiger partial charge is 0.269 e. The highest BCUT2D eigenvalue weighted by Gasteiger charge is 2.25. The molecule has 0 unspecified atom stereocenters. The van der Waals surface area contributed by atoms with Crippen LogP contribution in [0.1, 0.15) is 0 Å². The number of nitro benzene ring substituents is 1. The summed E-state index contributed by atoms with van der Waals surface area (Å²) >= 11 is 0. The molecule has 0 spiro atoms. The van der Waals surface area contributed by atoms with Gasteiger partial charge in [-0.2, -0.15) is 0 Å². The van der Waals surface area contributed by atoms with E-state index in [1.165, 1.54) is 24.3 Å². The average molecular weight is 218 g/mol. The van der Waals surface area contributed by atoms with Crippen LogP contribution in [0.15, 0.2) is 36.4 Å². The molecule has 6 heteroatoms. The Morgan fingerprint density at radius 2 is 1.50 bits per heavy atom. The van der Waals surface area contributed by atoms with Crippen molar-refractivity contribution in [3.05, 3.63) is 46.5 Å². The maximum Gasteiger partial charge on any atom is 0.269 e. The topological polar surface area (TPSA) is 80.5 Å². The lowest BCUT2D eigenvalue weighted by Crippen LogP contribution is -2.29. The first-order chi connectivity index (χ1) is 7.59. The van der Waals surface area contributed by atoms with Crippen LogP contribution in [0.25, 0.3) is 0 Å². The van der Waals surface area contributed by atoms with Crippen LogP contribution in [0.5, 0.6) is 0 Å². The van der Waals surface area contributed by atoms with E-state index in [1.54, 1.807) is 0 Å². The number of carbonyl (C=O) groups is 2. The van der Waals surface area contributed by atoms with E-state index in [-0.39, 0.29) is 5.69 Å². The maximum atomic E-state index is 11.3. The van der Waals surface area contributed by atoms with Crippen LogP contribution in [0.3, 0.4) is 0 Å². The standard InChI is InChI=1S/C10H6N2O4/c13-9-5-6-10(14)11(9)7-1-3-8(4-2-7)12(15)16/h1-6H. The summed E-state index contributed by atoms with van der Waals surface area (Å²) in [5, 5.41) is 10.4. The summed E-state index contributed by atoms with van der Waals surface area (Å²) in [5.74, 6) is -0.891. The SMILES string of the molecule is O=C1C=CC(=O)N1c1ccc([N+](=O)[O-])cc1. The number of nitrogens with zero attached hydrogens (tertiary/aromatic N) is 2. The molecule has 0 N–H and O–H groups in total. The van der Waals surface area contributed by atoms with Crippen molar-refractivity contribution in [2.45, 2.75) is 0 Å². The zero-order valence-corrected chi connectivity index (χ0v) is 7.99. The van der Waals surface area contributed by atoms with Gasteiger partial charge in [-0.05, 0) is 12.1 Å². The van der Waals surface area contributed by atoms with E-state index < -0.39 is 16.7 Å². The van der Waals surface area contributed by atoms with Crippen molar-refractivity contribution < 1.29 is 14.5 Å². The van der Waals surface area contributed by atoms with Crippen molar-refractivity contribution in [3.8, 4) is 0 Å². The molecule has 0 radical (unpaired) electrons. The fourth-order valence-electron chi connectivity index (χ4n) is 1.38. The molecule has 2 rings (SSSR count). The molecule has 6 nitrogen and oxygen atoms in total. The van der Waals surface area contributed by atoms with Gasteiger partial charge in [0, 0.05) is 24.3 Å². The van der Waals surface area contributed by atoms with Crippen LogP contribution in [0.2, 0.25) is 0 Å². The van der Waals surface area contributed by atoms with E-state index >= 15 is 0 Å². The van der Waals surface area contributed by atoms with Crippen molar-refractivity contribution in [1.29, 1.82) is 0 Å². The van der Waals surface area contributed by atoms with Crippen molar-refractivity contribution in [2.24, 2.45) is 0 Å². The second-order valence-corrected chi connectivity index (χ2v) is 3.12. The van der Waals surface area contributed by atoms with E-state index in [0.29, 0.717) is 5.69 Å². The smallest absolute Gasteiger partial charge is 0.269 e. The van der Waals surface area contributed by atoms with Crippen LogP contribution in [0, 0.1) is 10.1 Å². The van der Waals surface area contributed by atoms with E-state index in [0.717, 1.165) is 17.1 Å². The molecular weight excluding hydrogens is 212 g/mol. The molecule has 0 aromatic heterocycles. The fraction of sp³-hybridized carbons (Fsp3) is 0. The van der Waals surface area contributed by atoms with Gasteiger partial charge in [0.2, 0.25) is 0 Å². The minimum atomic E-state index is -0.546. The summed E-state index contributed by atoms with van der Waals surface area (Å²) in [6.45, 7) is 0. The van der Waals surface area contributed by atoms with Gasteiger partial charge in [0.1, 0.15) is 0 Å². The van der Waals surface area contributed by atoms with Gasteiger partial charge < -0.3 is 0 Å². The second-order valence-electron chi connectivity index (χ2n) is 3.12. The van der Waals surface area contributed by atoms with Gasteiger partial charge in [0.25, 0.3) is 17.5 Å². The van der Waals surface area contributed by atoms with E-state index in [1.807, 2.05) is 0 Å². The molecule has 0 saturated heterocycles. The second kappa shape index (κ2) is 3.58. The van der Waals surface area contributed by atoms with Gasteiger partial charge in [-0.3, -0.25) is 19.7 Å². The minimum absolute atomic E-state index is 0.0872. The molecule has 1 aromatic rings. The summed E-state index contributed by atoms with van der Waals surface area (Å²) in [5.41, 5.74) is 0.237. The number of amides is 2. The molecule has 1 aliphatic heterocycles. The quantitative estimate of drug-likeness (QED) is 0.421. The molecule has 0 bridgehead atoms. The zero-order chi connectivity index (χ0) is 11.7. The molecule has 1 aliphatic rings. The van der Waals surface area contributed by atoms with Gasteiger partial charge in [-0.15, -0.1) is 0 Å². The molecule has 80 valence electrons. The molecule has 0 saturated carbocycles. The lowest BCUT2D eigenvalue weighted by molar-refractivity contribution is -0.384. The lowest BCUT2D eigenvalue weighted by atomic mass is 10.2. The fourth-order valence-corrected chi connectivity index (χ4v) is 1.38. The molecule has 0 aliphatic carbocycles. The summed E-state index contributed by atoms with van der Waals surface area (Å²) in [4.78, 5) is 33.4. The lowest BCUT2D eigenvalue weighted by Gasteiger charge is -2.12. The number of hydrogen-bond acceptors (Lipinski definition) is 4. The number of rotatable bonds is 2. The normalized spacial score (nSPS) is 14.6. The van der Waals surface area contributed by atoms with Gasteiger partial charge in [-0.1, -0.05) is 0 Å². The number of benzene rings is 1. The van der Waals surface area contributed by atoms with Crippen molar-refractivity contribution in [2.75, 3.05) is 4.90 Å². The van der Waals surface area contributed by atoms with Crippen LogP contribution in [-0.4, -0.2) is 16.7 Å². The summed E-state index contributed by atoms with van der Waals surface area (Å²) in [6, 6.07) is 5.21. The average Bonchev–Trinajstić information content (AvgIpc) is 2.59. The van der Waals surface area contributed by atoms with Gasteiger partial charge in [0.15, 0.2) is 0 Å². The number of nitro groups is 1. The van der Waals surface area contributed by atoms with E-state index in [4.69, 9.17) is 0 Å². The Labute approximate surface area is 89.9 Å². The van der Waals surface area contributed by atoms with Crippen molar-refractivity contribution in [1.82, 2.24) is 0 Å². The van der Waals surface area contributed by atoms with E-state index in [9.17, 15) is 19.7 Å². The van der Waals surface area contributed by atoms with Gasteiger partial charge >= 0.3 is 0 Å². The molecule has 0 fully saturated rings. The molecular formula is C10H6N2O4. The highest BCUT2D eigenvalue weighted by molar-refractivity contribution is 6.28. The number of anilines is 1. The minimum Gasteiger partial charge on any atom is -0.269 e. The summed E-state index contributed by atoms with van der Waals surface area (Å²) < 4.78 is 0. The Kier molecular flexibility index (Phi) is 2.24. The first kappa shape index (κ1) is 10.0. The Hall–Kier alpha value is -2.50. The molecule has 1 heterocycles. The van der Waals surface area contributed by atoms with Crippen LogP contribution >= 0.6 is 0 Å². The molecule has 1 aromatic carbocycles. The predicted molar refractivity (Wildman–Crippen MR) is 54.7 cm³/mol.